The number of aryl methyl sites for hydroxylation is 1. The van der Waals surface area contributed by atoms with Crippen LogP contribution >= 0.6 is 15.9 Å². The van der Waals surface area contributed by atoms with Crippen LogP contribution in [0.2, 0.25) is 0 Å². The average Bonchev–Trinajstić information content (AvgIpc) is 3.56. The number of benzene rings is 5. The van der Waals surface area contributed by atoms with Crippen LogP contribution in [0, 0.1) is 12.7 Å². The fraction of sp³-hybridized carbons (Fsp3) is 0.267. The van der Waals surface area contributed by atoms with Gasteiger partial charge in [0.25, 0.3) is 0 Å². The maximum atomic E-state index is 14.6. The van der Waals surface area contributed by atoms with E-state index in [-0.39, 0.29) is 19.0 Å². The Bertz CT molecular complexity index is 2050. The lowest BCUT2D eigenvalue weighted by Crippen LogP contribution is -2.62. The van der Waals surface area contributed by atoms with E-state index in [1.807, 2.05) is 134 Å². The molecule has 0 spiro atoms. The molecule has 1 aromatic heterocycles. The number of hydrogen-bond donors (Lipinski definition) is 1. The quantitative estimate of drug-likeness (QED) is 0.0984. The normalized spacial score (nSPS) is 19.7. The third-order valence-electron chi connectivity index (χ3n) is 9.47. The van der Waals surface area contributed by atoms with Gasteiger partial charge in [-0.25, -0.2) is 4.39 Å². The molecular weight excluding hydrogens is 763 g/mol. The van der Waals surface area contributed by atoms with Crippen molar-refractivity contribution in [3.8, 4) is 5.88 Å². The highest BCUT2D eigenvalue weighted by Crippen LogP contribution is 2.34. The summed E-state index contributed by atoms with van der Waals surface area (Å²) in [5.74, 6) is -0.0158. The molecule has 5 atom stereocenters. The molecular formula is C45H44BrFN2O6. The molecule has 5 aromatic carbocycles. The third kappa shape index (κ3) is 10.5. The second-order valence-electron chi connectivity index (χ2n) is 13.5. The molecule has 8 nitrogen and oxygen atoms in total. The van der Waals surface area contributed by atoms with Crippen LogP contribution in [0.4, 0.5) is 4.39 Å². The van der Waals surface area contributed by atoms with Crippen molar-refractivity contribution < 1.29 is 32.8 Å². The van der Waals surface area contributed by atoms with Gasteiger partial charge < -0.3 is 28.4 Å². The number of nitrogens with one attached hydrogen (secondary N) is 1. The van der Waals surface area contributed by atoms with Crippen LogP contribution in [0.25, 0.3) is 0 Å². The molecule has 1 saturated heterocycles. The summed E-state index contributed by atoms with van der Waals surface area (Å²) < 4.78 is 55.3. The molecule has 284 valence electrons. The van der Waals surface area contributed by atoms with Gasteiger partial charge in [-0.05, 0) is 62.8 Å². The molecule has 0 radical (unpaired) electrons. The van der Waals surface area contributed by atoms with E-state index in [0.717, 1.165) is 39.1 Å². The van der Waals surface area contributed by atoms with E-state index < -0.39 is 30.7 Å². The molecule has 0 bridgehead atoms. The minimum atomic E-state index is -0.991. The summed E-state index contributed by atoms with van der Waals surface area (Å²) in [7, 11) is 0. The highest BCUT2D eigenvalue weighted by atomic mass is 79.9. The zero-order valence-corrected chi connectivity index (χ0v) is 32.1. The van der Waals surface area contributed by atoms with Crippen LogP contribution in [0.15, 0.2) is 144 Å². The lowest BCUT2D eigenvalue weighted by Gasteiger charge is -2.45. The Morgan fingerprint density at radius 1 is 0.636 bits per heavy atom. The summed E-state index contributed by atoms with van der Waals surface area (Å²) in [6.45, 7) is 3.37. The zero-order valence-electron chi connectivity index (χ0n) is 30.6. The molecule has 1 fully saturated rings. The van der Waals surface area contributed by atoms with Gasteiger partial charge in [0.05, 0.1) is 37.5 Å². The van der Waals surface area contributed by atoms with Crippen molar-refractivity contribution in [3.05, 3.63) is 189 Å². The lowest BCUT2D eigenvalue weighted by atomic mass is 9.97. The standard InChI is InChI=1S/C45H44BrFN2O6/c1-31-37(24-36-22-23-38(46)39(47)25-36)44(49-48-31)55-45-43(53-29-35-20-12-5-13-21-35)42(52-28-34-18-10-4-11-19-34)41(51-27-33-16-8-3-9-17-33)40(54-45)30-50-26-32-14-6-2-7-15-32/h2-23,25,40-43,45H,24,26-30H2,1H3,(H,48,49)/t40?,41-,42+,43-,45+/m1/s1. The summed E-state index contributed by atoms with van der Waals surface area (Å²) in [5, 5.41) is 7.61. The van der Waals surface area contributed by atoms with Crippen molar-refractivity contribution in [2.45, 2.75) is 70.5 Å². The fourth-order valence-corrected chi connectivity index (χ4v) is 6.79. The predicted octanol–water partition coefficient (Wildman–Crippen LogP) is 9.29. The van der Waals surface area contributed by atoms with Crippen molar-refractivity contribution in [2.75, 3.05) is 6.61 Å². The molecule has 1 aliphatic heterocycles. The third-order valence-corrected chi connectivity index (χ3v) is 10.1. The van der Waals surface area contributed by atoms with Gasteiger partial charge in [-0.2, -0.15) is 0 Å². The molecule has 10 heteroatoms. The van der Waals surface area contributed by atoms with Gasteiger partial charge in [0.1, 0.15) is 30.2 Å². The monoisotopic (exact) mass is 806 g/mol. The second-order valence-corrected chi connectivity index (χ2v) is 14.4. The molecule has 1 N–H and O–H groups in total. The van der Waals surface area contributed by atoms with Gasteiger partial charge in [0.2, 0.25) is 12.2 Å². The lowest BCUT2D eigenvalue weighted by molar-refractivity contribution is -0.310. The Morgan fingerprint density at radius 3 is 1.69 bits per heavy atom. The summed E-state index contributed by atoms with van der Waals surface area (Å²) in [6.07, 6.45) is -3.30. The number of rotatable bonds is 17. The zero-order chi connectivity index (χ0) is 37.8. The largest absolute Gasteiger partial charge is 0.443 e. The van der Waals surface area contributed by atoms with E-state index in [2.05, 4.69) is 26.1 Å². The van der Waals surface area contributed by atoms with E-state index >= 15 is 0 Å². The Kier molecular flexibility index (Phi) is 13.5. The Morgan fingerprint density at radius 2 is 1.15 bits per heavy atom. The summed E-state index contributed by atoms with van der Waals surface area (Å²) in [5.41, 5.74) is 6.35. The minimum Gasteiger partial charge on any atom is -0.443 e. The molecule has 55 heavy (non-hydrogen) atoms. The van der Waals surface area contributed by atoms with Crippen molar-refractivity contribution in [1.82, 2.24) is 10.2 Å². The number of aromatic amines is 1. The van der Waals surface area contributed by atoms with Crippen molar-refractivity contribution in [2.24, 2.45) is 0 Å². The van der Waals surface area contributed by atoms with E-state index in [1.165, 1.54) is 6.07 Å². The maximum Gasteiger partial charge on any atom is 0.238 e. The smallest absolute Gasteiger partial charge is 0.238 e. The predicted molar refractivity (Wildman–Crippen MR) is 211 cm³/mol. The van der Waals surface area contributed by atoms with Crippen molar-refractivity contribution in [1.29, 1.82) is 0 Å². The molecule has 0 aliphatic carbocycles. The highest BCUT2D eigenvalue weighted by Gasteiger charge is 2.50. The van der Waals surface area contributed by atoms with Crippen LogP contribution in [0.1, 0.15) is 39.1 Å². The van der Waals surface area contributed by atoms with Gasteiger partial charge >= 0.3 is 0 Å². The maximum absolute atomic E-state index is 14.6. The van der Waals surface area contributed by atoms with E-state index in [4.69, 9.17) is 28.4 Å². The summed E-state index contributed by atoms with van der Waals surface area (Å²) >= 11 is 3.26. The van der Waals surface area contributed by atoms with E-state index in [0.29, 0.717) is 36.6 Å². The molecule has 2 heterocycles. The first-order valence-electron chi connectivity index (χ1n) is 18.4. The SMILES string of the molecule is Cc1[nH]nc(O[C@@H]2OC(COCc3ccccc3)[C@@H](OCc3ccccc3)[C@H](OCc3ccccc3)[C@H]2OCc2ccccc2)c1Cc1ccc(Br)c(F)c1. The van der Waals surface area contributed by atoms with Gasteiger partial charge in [0.15, 0.2) is 0 Å². The van der Waals surface area contributed by atoms with Crippen molar-refractivity contribution >= 4 is 15.9 Å². The van der Waals surface area contributed by atoms with Crippen LogP contribution < -0.4 is 4.74 Å². The van der Waals surface area contributed by atoms with Crippen LogP contribution in [-0.2, 0) is 56.5 Å². The van der Waals surface area contributed by atoms with Crippen LogP contribution in [0.5, 0.6) is 5.88 Å². The number of H-pyrrole nitrogens is 1. The Balaban J connectivity index is 1.23. The highest BCUT2D eigenvalue weighted by molar-refractivity contribution is 9.10. The Labute approximate surface area is 329 Å². The first kappa shape index (κ1) is 38.6. The molecule has 0 amide bonds. The number of ether oxygens (including phenoxy) is 6. The second kappa shape index (κ2) is 19.3. The molecule has 1 aliphatic rings. The first-order chi connectivity index (χ1) is 27.0. The number of hydrogen-bond acceptors (Lipinski definition) is 7. The fourth-order valence-electron chi connectivity index (χ4n) is 6.54. The minimum absolute atomic E-state index is 0.190. The molecule has 7 rings (SSSR count). The van der Waals surface area contributed by atoms with Gasteiger partial charge in [-0.1, -0.05) is 127 Å². The summed E-state index contributed by atoms with van der Waals surface area (Å²) in [6, 6.07) is 45.0. The van der Waals surface area contributed by atoms with E-state index in [1.54, 1.807) is 6.07 Å². The van der Waals surface area contributed by atoms with Gasteiger partial charge in [-0.3, -0.25) is 5.10 Å². The van der Waals surface area contributed by atoms with E-state index in [9.17, 15) is 4.39 Å². The first-order valence-corrected chi connectivity index (χ1v) is 19.2. The van der Waals surface area contributed by atoms with Crippen LogP contribution in [0.3, 0.4) is 0 Å². The van der Waals surface area contributed by atoms with Crippen LogP contribution in [-0.4, -0.2) is 47.5 Å². The number of aromatic nitrogens is 2. The molecule has 0 saturated carbocycles. The number of halogens is 2. The average molecular weight is 808 g/mol. The van der Waals surface area contributed by atoms with Crippen molar-refractivity contribution in [3.63, 3.8) is 0 Å². The Hall–Kier alpha value is -4.68. The number of nitrogens with zero attached hydrogens (tertiary/aromatic N) is 1. The molecule has 6 aromatic rings. The topological polar surface area (TPSA) is 84.1 Å². The molecule has 1 unspecified atom stereocenters. The summed E-state index contributed by atoms with van der Waals surface area (Å²) in [4.78, 5) is 0. The van der Waals surface area contributed by atoms with Gasteiger partial charge in [-0.15, -0.1) is 5.10 Å². The van der Waals surface area contributed by atoms with Gasteiger partial charge in [0, 0.05) is 17.7 Å².